The summed E-state index contributed by atoms with van der Waals surface area (Å²) in [5.41, 5.74) is -2.12. The van der Waals surface area contributed by atoms with Crippen LogP contribution in [0.25, 0.3) is 0 Å². The zero-order chi connectivity index (χ0) is 27.6. The van der Waals surface area contributed by atoms with Gasteiger partial charge in [0.1, 0.15) is 37.8 Å². The fourth-order valence-electron chi connectivity index (χ4n) is 4.82. The lowest BCUT2D eigenvalue weighted by molar-refractivity contribution is 0.288. The highest BCUT2D eigenvalue weighted by atomic mass is 79.9. The van der Waals surface area contributed by atoms with Crippen LogP contribution in [0.15, 0.2) is 10.7 Å². The van der Waals surface area contributed by atoms with Crippen LogP contribution in [0.4, 0.5) is 8.78 Å². The molecule has 2 rings (SSSR count). The first-order chi connectivity index (χ1) is 16.6. The van der Waals surface area contributed by atoms with Gasteiger partial charge in [-0.15, -0.1) is 4.72 Å². The molecule has 0 aliphatic carbocycles. The van der Waals surface area contributed by atoms with Gasteiger partial charge < -0.3 is 9.11 Å². The summed E-state index contributed by atoms with van der Waals surface area (Å²) < 4.78 is 61.5. The van der Waals surface area contributed by atoms with E-state index in [0.717, 1.165) is 18.1 Å². The Morgan fingerprint density at radius 1 is 1.36 bits per heavy atom. The average Bonchev–Trinajstić information content (AvgIpc) is 2.83. The quantitative estimate of drug-likeness (QED) is 0.173. The minimum absolute atomic E-state index is 0.201. The Labute approximate surface area is 229 Å². The summed E-state index contributed by atoms with van der Waals surface area (Å²) in [6.07, 6.45) is 1.10. The van der Waals surface area contributed by atoms with E-state index in [-0.39, 0.29) is 11.4 Å². The van der Waals surface area contributed by atoms with Crippen molar-refractivity contribution in [1.29, 1.82) is 5.26 Å². The van der Waals surface area contributed by atoms with Crippen molar-refractivity contribution in [1.82, 2.24) is 14.4 Å². The Hall–Kier alpha value is -0.263. The Kier molecular flexibility index (Phi) is 10.5. The molecule has 0 amide bonds. The molecule has 3 N–H and O–H groups in total. The second-order valence-corrected chi connectivity index (χ2v) is 21.8. The van der Waals surface area contributed by atoms with Gasteiger partial charge in [0.25, 0.3) is 0 Å². The van der Waals surface area contributed by atoms with Gasteiger partial charge in [0, 0.05) is 23.7 Å². The first-order valence-electron chi connectivity index (χ1n) is 12.4. The number of nitriles is 1. The van der Waals surface area contributed by atoms with Crippen molar-refractivity contribution < 1.29 is 17.9 Å². The number of pyridine rings is 1. The maximum atomic E-state index is 16.6. The molecule has 6 nitrogen and oxygen atoms in total. The molecule has 36 heavy (non-hydrogen) atoms. The highest BCUT2D eigenvalue weighted by molar-refractivity contribution is 9.10. The molecular formula is C24H41BrF2N4O2S2Si. The molecule has 0 spiro atoms. The van der Waals surface area contributed by atoms with Gasteiger partial charge in [-0.05, 0) is 67.7 Å². The lowest BCUT2D eigenvalue weighted by atomic mass is 9.99. The van der Waals surface area contributed by atoms with Gasteiger partial charge in [-0.25, -0.2) is 13.8 Å². The number of hydrogen-bond donors (Lipinski definition) is 3. The molecular weight excluding hydrogens is 586 g/mol. The number of aromatic nitrogens is 1. The average molecular weight is 628 g/mol. The van der Waals surface area contributed by atoms with Crippen LogP contribution >= 0.6 is 26.4 Å². The highest BCUT2D eigenvalue weighted by Crippen LogP contribution is 2.59. The van der Waals surface area contributed by atoms with Crippen LogP contribution in [0.2, 0.25) is 18.1 Å². The summed E-state index contributed by atoms with van der Waals surface area (Å²) in [6.45, 7) is 12.3. The Balaban J connectivity index is 2.86. The SMILES string of the molecule is CC[Si](CC)(CC)c1cc(Br)nc([C@](CF)(CS2(O)NCCC[C@]2(C)C#N)N[S+]([O-])C(C)(C)C)c1F. The summed E-state index contributed by atoms with van der Waals surface area (Å²) >= 11 is 1.61. The minimum atomic E-state index is -2.99. The van der Waals surface area contributed by atoms with Crippen LogP contribution in [0.5, 0.6) is 0 Å². The number of nitrogens with zero attached hydrogens (tertiary/aromatic N) is 2. The van der Waals surface area contributed by atoms with E-state index in [4.69, 9.17) is 0 Å². The molecule has 206 valence electrons. The molecule has 1 aliphatic rings. The number of halogens is 3. The molecule has 2 heterocycles. The van der Waals surface area contributed by atoms with E-state index in [9.17, 15) is 14.4 Å². The molecule has 12 heteroatoms. The van der Waals surface area contributed by atoms with Crippen LogP contribution in [0.3, 0.4) is 0 Å². The minimum Gasteiger partial charge on any atom is -0.598 e. The first-order valence-corrected chi connectivity index (χ1v) is 18.8. The van der Waals surface area contributed by atoms with Crippen molar-refractivity contribution in [3.8, 4) is 6.07 Å². The molecule has 0 bridgehead atoms. The molecule has 1 aromatic rings. The lowest BCUT2D eigenvalue weighted by Crippen LogP contribution is -2.60. The fraction of sp³-hybridized carbons (Fsp3) is 0.750. The molecule has 4 atom stereocenters. The van der Waals surface area contributed by atoms with E-state index in [0.29, 0.717) is 29.2 Å². The summed E-state index contributed by atoms with van der Waals surface area (Å²) in [5.74, 6) is -0.954. The third-order valence-corrected chi connectivity index (χ3v) is 18.7. The van der Waals surface area contributed by atoms with E-state index in [1.165, 1.54) is 0 Å². The topological polar surface area (TPSA) is 104 Å². The largest absolute Gasteiger partial charge is 0.598 e. The number of hydrogen-bond acceptors (Lipinski definition) is 6. The van der Waals surface area contributed by atoms with Crippen molar-refractivity contribution in [2.24, 2.45) is 0 Å². The first kappa shape index (κ1) is 32.0. The predicted octanol–water partition coefficient (Wildman–Crippen LogP) is 5.77. The van der Waals surface area contributed by atoms with Crippen molar-refractivity contribution in [3.05, 3.63) is 22.2 Å². The van der Waals surface area contributed by atoms with E-state index in [1.54, 1.807) is 33.8 Å². The summed E-state index contributed by atoms with van der Waals surface area (Å²) in [6, 6.07) is 6.34. The summed E-state index contributed by atoms with van der Waals surface area (Å²) in [7, 11) is -5.26. The Bertz CT molecular complexity index is 970. The lowest BCUT2D eigenvalue weighted by Gasteiger charge is -2.52. The molecule has 1 aliphatic heterocycles. The van der Waals surface area contributed by atoms with Crippen LogP contribution in [0.1, 0.15) is 67.0 Å². The maximum absolute atomic E-state index is 16.6. The Morgan fingerprint density at radius 3 is 2.42 bits per heavy atom. The molecule has 0 radical (unpaired) electrons. The van der Waals surface area contributed by atoms with E-state index in [1.807, 2.05) is 0 Å². The third kappa shape index (κ3) is 5.98. The van der Waals surface area contributed by atoms with Gasteiger partial charge in [-0.1, -0.05) is 49.4 Å². The monoisotopic (exact) mass is 626 g/mol. The molecule has 0 aromatic carbocycles. The van der Waals surface area contributed by atoms with E-state index < -0.39 is 57.5 Å². The van der Waals surface area contributed by atoms with Crippen molar-refractivity contribution in [2.45, 2.75) is 94.5 Å². The van der Waals surface area contributed by atoms with Crippen molar-refractivity contribution in [2.75, 3.05) is 19.0 Å². The molecule has 1 aromatic heterocycles. The second kappa shape index (κ2) is 11.9. The van der Waals surface area contributed by atoms with Crippen LogP contribution in [-0.2, 0) is 16.9 Å². The van der Waals surface area contributed by atoms with E-state index >= 15 is 8.78 Å². The highest BCUT2D eigenvalue weighted by Gasteiger charge is 2.55. The van der Waals surface area contributed by atoms with Crippen molar-refractivity contribution >= 4 is 51.0 Å². The number of nitrogens with one attached hydrogen (secondary N) is 2. The molecule has 0 saturated carbocycles. The van der Waals surface area contributed by atoms with Gasteiger partial charge in [0.2, 0.25) is 0 Å². The summed E-state index contributed by atoms with van der Waals surface area (Å²) in [4.78, 5) is 4.42. The molecule has 1 fully saturated rings. The van der Waals surface area contributed by atoms with Crippen LogP contribution < -0.4 is 14.6 Å². The Morgan fingerprint density at radius 2 is 1.94 bits per heavy atom. The third-order valence-electron chi connectivity index (χ3n) is 7.66. The number of alkyl halides is 1. The zero-order valence-electron chi connectivity index (χ0n) is 22.4. The van der Waals surface area contributed by atoms with Gasteiger partial charge in [0.05, 0.1) is 14.1 Å². The predicted molar refractivity (Wildman–Crippen MR) is 154 cm³/mol. The van der Waals surface area contributed by atoms with E-state index in [2.05, 4.69) is 57.2 Å². The van der Waals surface area contributed by atoms with Crippen LogP contribution in [-0.4, -0.2) is 50.6 Å². The number of rotatable bonds is 10. The smallest absolute Gasteiger partial charge is 0.147 e. The summed E-state index contributed by atoms with van der Waals surface area (Å²) in [5, 5.41) is 10.5. The van der Waals surface area contributed by atoms with Gasteiger partial charge in [-0.3, -0.25) is 4.72 Å². The van der Waals surface area contributed by atoms with Crippen LogP contribution in [0, 0.1) is 17.1 Å². The van der Waals surface area contributed by atoms with Gasteiger partial charge >= 0.3 is 0 Å². The van der Waals surface area contributed by atoms with Gasteiger partial charge in [-0.2, -0.15) is 5.26 Å². The van der Waals surface area contributed by atoms with Crippen molar-refractivity contribution in [3.63, 3.8) is 0 Å². The standard InChI is InChI=1S/C24H41BrF2N4O2S2Si/c1-8-36(9-2,10-3)18-14-19(25)30-21(20(18)27)24(15-26,31-34(32)22(4,5)6)17-35(33)23(7,16-28)12-11-13-29-35/h14,29,31,33H,8-13,15,17H2,1-7H3/t23-,24+,34?/m1/s1. The molecule has 1 saturated heterocycles. The van der Waals surface area contributed by atoms with Gasteiger partial charge in [0.15, 0.2) is 0 Å². The second-order valence-electron chi connectivity index (χ2n) is 10.9. The zero-order valence-corrected chi connectivity index (χ0v) is 26.7. The molecule has 2 unspecified atom stereocenters. The fourth-order valence-corrected chi connectivity index (χ4v) is 12.9. The maximum Gasteiger partial charge on any atom is 0.147 e. The normalized spacial score (nSPS) is 27.5.